The van der Waals surface area contributed by atoms with Crippen LogP contribution in [-0.4, -0.2) is 17.4 Å². The summed E-state index contributed by atoms with van der Waals surface area (Å²) in [6.07, 6.45) is 2.28. The van der Waals surface area contributed by atoms with Crippen molar-refractivity contribution in [3.63, 3.8) is 0 Å². The molecule has 0 fully saturated rings. The van der Waals surface area contributed by atoms with Crippen LogP contribution in [0.15, 0.2) is 0 Å². The Morgan fingerprint density at radius 3 is 2.70 bits per heavy atom. The molecule has 3 nitrogen and oxygen atoms in total. The molecule has 0 rings (SSSR count). The zero-order valence-electron chi connectivity index (χ0n) is 6.04. The minimum Gasteiger partial charge on any atom is -0.481 e. The van der Waals surface area contributed by atoms with Crippen molar-refractivity contribution < 1.29 is 14.7 Å². The van der Waals surface area contributed by atoms with Crippen LogP contribution in [0, 0.1) is 5.92 Å². The molecule has 1 N–H and O–H groups in total. The highest BCUT2D eigenvalue weighted by Gasteiger charge is 2.01. The van der Waals surface area contributed by atoms with E-state index < -0.39 is 5.97 Å². The van der Waals surface area contributed by atoms with Crippen LogP contribution in [0.1, 0.15) is 26.2 Å². The molecule has 0 unspecified atom stereocenters. The molecule has 0 spiro atoms. The molecular formula is C7H12O3. The first-order valence-corrected chi connectivity index (χ1v) is 3.34. The summed E-state index contributed by atoms with van der Waals surface area (Å²) >= 11 is 0. The smallest absolute Gasteiger partial charge is 0.303 e. The summed E-state index contributed by atoms with van der Waals surface area (Å²) in [4.78, 5) is 20.0. The molecule has 0 aliphatic heterocycles. The highest BCUT2D eigenvalue weighted by Crippen LogP contribution is 2.03. The van der Waals surface area contributed by atoms with Crippen LogP contribution in [0.4, 0.5) is 0 Å². The molecule has 0 aromatic heterocycles. The predicted octanol–water partition coefficient (Wildman–Crippen LogP) is 1.08. The van der Waals surface area contributed by atoms with Crippen molar-refractivity contribution in [1.29, 1.82) is 0 Å². The van der Waals surface area contributed by atoms with Crippen molar-refractivity contribution >= 4 is 12.3 Å². The van der Waals surface area contributed by atoms with Gasteiger partial charge in [-0.2, -0.15) is 0 Å². The van der Waals surface area contributed by atoms with Gasteiger partial charge in [-0.15, -0.1) is 0 Å². The second kappa shape index (κ2) is 4.97. The monoisotopic (exact) mass is 144 g/mol. The first-order valence-electron chi connectivity index (χ1n) is 3.34. The Morgan fingerprint density at radius 1 is 1.70 bits per heavy atom. The van der Waals surface area contributed by atoms with Gasteiger partial charge in [0, 0.05) is 12.3 Å². The van der Waals surface area contributed by atoms with Crippen LogP contribution >= 0.6 is 0 Å². The van der Waals surface area contributed by atoms with Gasteiger partial charge in [-0.1, -0.05) is 6.92 Å². The summed E-state index contributed by atoms with van der Waals surface area (Å²) in [7, 11) is 0. The Balaban J connectivity index is 3.19. The Hall–Kier alpha value is -0.860. The third kappa shape index (κ3) is 5.28. The van der Waals surface area contributed by atoms with Crippen molar-refractivity contribution in [3.05, 3.63) is 0 Å². The van der Waals surface area contributed by atoms with Gasteiger partial charge in [0.1, 0.15) is 6.29 Å². The normalized spacial score (nSPS) is 12.5. The van der Waals surface area contributed by atoms with Crippen LogP contribution in [0.25, 0.3) is 0 Å². The number of aldehydes is 1. The Morgan fingerprint density at radius 2 is 2.30 bits per heavy atom. The molecule has 0 aromatic carbocycles. The summed E-state index contributed by atoms with van der Waals surface area (Å²) in [5.74, 6) is -0.794. The zero-order valence-corrected chi connectivity index (χ0v) is 6.04. The lowest BCUT2D eigenvalue weighted by Crippen LogP contribution is -1.99. The van der Waals surface area contributed by atoms with E-state index in [0.717, 1.165) is 6.29 Å². The van der Waals surface area contributed by atoms with Crippen molar-refractivity contribution in [1.82, 2.24) is 0 Å². The van der Waals surface area contributed by atoms with Crippen molar-refractivity contribution in [2.75, 3.05) is 0 Å². The molecule has 0 radical (unpaired) electrons. The van der Waals surface area contributed by atoms with Crippen LogP contribution in [0.2, 0.25) is 0 Å². The molecule has 0 aromatic rings. The number of carboxylic acids is 1. The quantitative estimate of drug-likeness (QED) is 0.587. The van der Waals surface area contributed by atoms with Gasteiger partial charge in [-0.05, 0) is 12.8 Å². The number of aliphatic carboxylic acids is 1. The summed E-state index contributed by atoms with van der Waals surface area (Å²) in [6, 6.07) is 0. The third-order valence-corrected chi connectivity index (χ3v) is 1.28. The molecule has 3 heteroatoms. The number of rotatable bonds is 5. The zero-order chi connectivity index (χ0) is 7.98. The fourth-order valence-corrected chi connectivity index (χ4v) is 0.643. The van der Waals surface area contributed by atoms with Gasteiger partial charge in [0.15, 0.2) is 0 Å². The molecule has 0 aliphatic carbocycles. The van der Waals surface area contributed by atoms with Gasteiger partial charge in [0.2, 0.25) is 0 Å². The fraction of sp³-hybridized carbons (Fsp3) is 0.714. The highest BCUT2D eigenvalue weighted by molar-refractivity contribution is 5.66. The van der Waals surface area contributed by atoms with Crippen molar-refractivity contribution in [3.8, 4) is 0 Å². The van der Waals surface area contributed by atoms with E-state index in [2.05, 4.69) is 0 Å². The number of carboxylic acid groups (broad SMARTS) is 1. The number of hydrogen-bond acceptors (Lipinski definition) is 2. The second-order valence-electron chi connectivity index (χ2n) is 2.40. The van der Waals surface area contributed by atoms with E-state index in [1.165, 1.54) is 0 Å². The molecule has 58 valence electrons. The molecule has 0 bridgehead atoms. The van der Waals surface area contributed by atoms with Crippen LogP contribution in [-0.2, 0) is 9.59 Å². The molecule has 0 saturated carbocycles. The van der Waals surface area contributed by atoms with E-state index in [-0.39, 0.29) is 12.3 Å². The van der Waals surface area contributed by atoms with Gasteiger partial charge in [0.25, 0.3) is 0 Å². The number of carbonyl (C=O) groups is 2. The van der Waals surface area contributed by atoms with Crippen LogP contribution in [0.5, 0.6) is 0 Å². The summed E-state index contributed by atoms with van der Waals surface area (Å²) in [5, 5.41) is 8.21. The maximum absolute atomic E-state index is 10.0. The Labute approximate surface area is 60.0 Å². The first-order chi connectivity index (χ1) is 4.66. The second-order valence-corrected chi connectivity index (χ2v) is 2.40. The van der Waals surface area contributed by atoms with Crippen molar-refractivity contribution in [2.24, 2.45) is 5.92 Å². The Bertz CT molecular complexity index is 120. The molecule has 0 saturated heterocycles. The van der Waals surface area contributed by atoms with E-state index in [1.807, 2.05) is 0 Å². The lowest BCUT2D eigenvalue weighted by Gasteiger charge is -1.98. The molecular weight excluding hydrogens is 132 g/mol. The van der Waals surface area contributed by atoms with Crippen LogP contribution in [0.3, 0.4) is 0 Å². The molecule has 1 atom stereocenters. The Kier molecular flexibility index (Phi) is 4.54. The van der Waals surface area contributed by atoms with Gasteiger partial charge in [-0.3, -0.25) is 4.79 Å². The average molecular weight is 144 g/mol. The lowest BCUT2D eigenvalue weighted by atomic mass is 10.1. The number of hydrogen-bond donors (Lipinski definition) is 1. The summed E-state index contributed by atoms with van der Waals surface area (Å²) < 4.78 is 0. The average Bonchev–Trinajstić information content (AvgIpc) is 1.87. The summed E-state index contributed by atoms with van der Waals surface area (Å²) in [5.41, 5.74) is 0. The van der Waals surface area contributed by atoms with E-state index in [1.54, 1.807) is 6.92 Å². The highest BCUT2D eigenvalue weighted by atomic mass is 16.4. The molecule has 10 heavy (non-hydrogen) atoms. The third-order valence-electron chi connectivity index (χ3n) is 1.28. The fourth-order valence-electron chi connectivity index (χ4n) is 0.643. The summed E-state index contributed by atoms with van der Waals surface area (Å²) in [6.45, 7) is 1.79. The van der Waals surface area contributed by atoms with E-state index in [4.69, 9.17) is 5.11 Å². The minimum atomic E-state index is -0.793. The maximum Gasteiger partial charge on any atom is 0.303 e. The lowest BCUT2D eigenvalue weighted by molar-refractivity contribution is -0.137. The minimum absolute atomic E-state index is 0.000602. The standard InChI is InChI=1S/C7H12O3/c1-6(5-8)3-2-4-7(9)10/h5-6H,2-4H2,1H3,(H,9,10)/t6-/m0/s1. The van der Waals surface area contributed by atoms with E-state index in [9.17, 15) is 9.59 Å². The maximum atomic E-state index is 10.0. The first kappa shape index (κ1) is 9.14. The largest absolute Gasteiger partial charge is 0.481 e. The van der Waals surface area contributed by atoms with Gasteiger partial charge in [-0.25, -0.2) is 0 Å². The molecule has 0 amide bonds. The topological polar surface area (TPSA) is 54.4 Å². The molecule has 0 aliphatic rings. The van der Waals surface area contributed by atoms with E-state index >= 15 is 0 Å². The van der Waals surface area contributed by atoms with Crippen molar-refractivity contribution in [2.45, 2.75) is 26.2 Å². The van der Waals surface area contributed by atoms with E-state index in [0.29, 0.717) is 12.8 Å². The predicted molar refractivity (Wildman–Crippen MR) is 36.7 cm³/mol. The number of carbonyl (C=O) groups excluding carboxylic acids is 1. The SMILES string of the molecule is C[C@H](C=O)CCCC(=O)O. The van der Waals surface area contributed by atoms with Gasteiger partial charge < -0.3 is 9.90 Å². The van der Waals surface area contributed by atoms with Gasteiger partial charge in [0.05, 0.1) is 0 Å². The van der Waals surface area contributed by atoms with Gasteiger partial charge >= 0.3 is 5.97 Å². The molecule has 0 heterocycles. The van der Waals surface area contributed by atoms with Crippen LogP contribution < -0.4 is 0 Å².